The molecular formula is C17H24ClNO4. The van der Waals surface area contributed by atoms with Gasteiger partial charge in [-0.3, -0.25) is 4.79 Å². The Bertz CT molecular complexity index is 504. The fourth-order valence-corrected chi connectivity index (χ4v) is 2.48. The van der Waals surface area contributed by atoms with E-state index >= 15 is 0 Å². The van der Waals surface area contributed by atoms with Gasteiger partial charge in [0.2, 0.25) is 0 Å². The van der Waals surface area contributed by atoms with Crippen LogP contribution in [-0.2, 0) is 14.3 Å². The van der Waals surface area contributed by atoms with Crippen molar-refractivity contribution < 1.29 is 19.1 Å². The summed E-state index contributed by atoms with van der Waals surface area (Å²) in [6.07, 6.45) is 1.19. The Morgan fingerprint density at radius 1 is 1.26 bits per heavy atom. The molecule has 0 heterocycles. The fraction of sp³-hybridized carbons (Fsp3) is 0.529. The van der Waals surface area contributed by atoms with Crippen LogP contribution in [-0.4, -0.2) is 37.4 Å². The van der Waals surface area contributed by atoms with Crippen LogP contribution in [0.1, 0.15) is 26.7 Å². The summed E-state index contributed by atoms with van der Waals surface area (Å²) in [5, 5.41) is 3.11. The molecule has 2 atom stereocenters. The van der Waals surface area contributed by atoms with Crippen LogP contribution in [0.2, 0.25) is 0 Å². The van der Waals surface area contributed by atoms with Gasteiger partial charge in [-0.25, -0.2) is 4.79 Å². The van der Waals surface area contributed by atoms with Gasteiger partial charge < -0.3 is 14.8 Å². The number of carbonyl (C=O) groups is 2. The third-order valence-electron chi connectivity index (χ3n) is 3.53. The molecule has 1 rings (SSSR count). The minimum absolute atomic E-state index is 0.0609. The normalized spacial score (nSPS) is 13.0. The quantitative estimate of drug-likeness (QED) is 0.522. The van der Waals surface area contributed by atoms with Gasteiger partial charge in [-0.15, -0.1) is 11.6 Å². The molecule has 128 valence electrons. The number of alkyl halides is 1. The third kappa shape index (κ3) is 6.10. The zero-order valence-electron chi connectivity index (χ0n) is 13.8. The molecule has 0 bridgehead atoms. The number of nitrogens with one attached hydrogen (secondary N) is 1. The second-order valence-electron chi connectivity index (χ2n) is 5.15. The van der Waals surface area contributed by atoms with Gasteiger partial charge in [0, 0.05) is 17.5 Å². The first-order valence-corrected chi connectivity index (χ1v) is 8.20. The molecule has 1 N–H and O–H groups in total. The summed E-state index contributed by atoms with van der Waals surface area (Å²) in [6.45, 7) is 3.49. The first kappa shape index (κ1) is 19.3. The van der Waals surface area contributed by atoms with E-state index in [-0.39, 0.29) is 12.4 Å². The molecule has 0 radical (unpaired) electrons. The summed E-state index contributed by atoms with van der Waals surface area (Å²) in [5.41, 5.74) is 0.723. The minimum Gasteiger partial charge on any atom is -0.497 e. The summed E-state index contributed by atoms with van der Waals surface area (Å²) >= 11 is 5.73. The van der Waals surface area contributed by atoms with Crippen molar-refractivity contribution in [1.29, 1.82) is 0 Å². The molecule has 0 aliphatic heterocycles. The molecule has 0 spiro atoms. The Balaban J connectivity index is 2.96. The van der Waals surface area contributed by atoms with Crippen molar-refractivity contribution >= 4 is 29.0 Å². The third-order valence-corrected chi connectivity index (χ3v) is 3.79. The summed E-state index contributed by atoms with van der Waals surface area (Å²) in [4.78, 5) is 24.3. The van der Waals surface area contributed by atoms with Crippen LogP contribution in [0.25, 0.3) is 0 Å². The number of anilines is 1. The van der Waals surface area contributed by atoms with Crippen molar-refractivity contribution in [3.8, 4) is 5.75 Å². The number of halogens is 1. The number of carbonyl (C=O) groups excluding carboxylic acids is 2. The highest BCUT2D eigenvalue weighted by Gasteiger charge is 2.32. The van der Waals surface area contributed by atoms with Crippen LogP contribution in [0.3, 0.4) is 0 Å². The lowest BCUT2D eigenvalue weighted by molar-refractivity contribution is -0.147. The van der Waals surface area contributed by atoms with E-state index in [4.69, 9.17) is 21.1 Å². The Morgan fingerprint density at radius 2 is 1.91 bits per heavy atom. The summed E-state index contributed by atoms with van der Waals surface area (Å²) < 4.78 is 10.2. The molecule has 23 heavy (non-hydrogen) atoms. The van der Waals surface area contributed by atoms with E-state index in [1.165, 1.54) is 6.92 Å². The summed E-state index contributed by atoms with van der Waals surface area (Å²) in [5.74, 6) is 0.192. The zero-order valence-corrected chi connectivity index (χ0v) is 14.6. The van der Waals surface area contributed by atoms with Gasteiger partial charge in [0.1, 0.15) is 17.6 Å². The van der Waals surface area contributed by atoms with Crippen LogP contribution in [0, 0.1) is 5.92 Å². The van der Waals surface area contributed by atoms with Crippen molar-refractivity contribution in [2.75, 3.05) is 24.9 Å². The standard InChI is InChI=1S/C17H24ClNO4/c1-4-23-17(21)16(15(12(2)20)6-5-11-18)19-13-7-9-14(22-3)10-8-13/h7-10,15-16,19H,4-6,11H2,1-3H3/t15-,16+/m0/s1. The molecule has 0 aliphatic carbocycles. The van der Waals surface area contributed by atoms with Gasteiger partial charge in [0.15, 0.2) is 0 Å². The number of benzene rings is 1. The van der Waals surface area contributed by atoms with E-state index in [9.17, 15) is 9.59 Å². The molecule has 0 unspecified atom stereocenters. The van der Waals surface area contributed by atoms with E-state index < -0.39 is 17.9 Å². The zero-order chi connectivity index (χ0) is 17.2. The molecule has 5 nitrogen and oxygen atoms in total. The molecule has 0 amide bonds. The number of hydrogen-bond acceptors (Lipinski definition) is 5. The van der Waals surface area contributed by atoms with Crippen LogP contribution in [0.15, 0.2) is 24.3 Å². The van der Waals surface area contributed by atoms with Crippen LogP contribution < -0.4 is 10.1 Å². The minimum atomic E-state index is -0.732. The van der Waals surface area contributed by atoms with Crippen molar-refractivity contribution in [3.05, 3.63) is 24.3 Å². The highest BCUT2D eigenvalue weighted by atomic mass is 35.5. The maximum atomic E-state index is 12.3. The number of methoxy groups -OCH3 is 1. The predicted octanol–water partition coefficient (Wildman–Crippen LogP) is 3.26. The highest BCUT2D eigenvalue weighted by molar-refractivity contribution is 6.17. The van der Waals surface area contributed by atoms with Crippen molar-refractivity contribution in [1.82, 2.24) is 0 Å². The number of esters is 1. The molecule has 0 fully saturated rings. The number of hydrogen-bond donors (Lipinski definition) is 1. The Morgan fingerprint density at radius 3 is 2.39 bits per heavy atom. The molecule has 1 aromatic rings. The lowest BCUT2D eigenvalue weighted by Crippen LogP contribution is -2.41. The topological polar surface area (TPSA) is 64.6 Å². The van der Waals surface area contributed by atoms with E-state index in [1.807, 2.05) is 0 Å². The maximum absolute atomic E-state index is 12.3. The van der Waals surface area contributed by atoms with Crippen molar-refractivity contribution in [3.63, 3.8) is 0 Å². The van der Waals surface area contributed by atoms with Gasteiger partial charge in [-0.05, 0) is 51.0 Å². The van der Waals surface area contributed by atoms with Crippen LogP contribution >= 0.6 is 11.6 Å². The van der Waals surface area contributed by atoms with Gasteiger partial charge in [-0.2, -0.15) is 0 Å². The number of ketones is 1. The lowest BCUT2D eigenvalue weighted by atomic mass is 9.91. The molecule has 6 heteroatoms. The fourth-order valence-electron chi connectivity index (χ4n) is 2.32. The summed E-state index contributed by atoms with van der Waals surface area (Å²) in [6, 6.07) is 6.43. The first-order valence-electron chi connectivity index (χ1n) is 7.67. The second-order valence-corrected chi connectivity index (χ2v) is 5.53. The molecule has 0 saturated heterocycles. The number of Topliss-reactive ketones (excluding diaryl/α,β-unsaturated/α-hetero) is 1. The largest absolute Gasteiger partial charge is 0.497 e. The van der Waals surface area contributed by atoms with Crippen LogP contribution in [0.4, 0.5) is 5.69 Å². The Labute approximate surface area is 142 Å². The smallest absolute Gasteiger partial charge is 0.329 e. The van der Waals surface area contributed by atoms with Gasteiger partial charge in [0.25, 0.3) is 0 Å². The molecule has 1 aromatic carbocycles. The molecule has 0 saturated carbocycles. The average Bonchev–Trinajstić information content (AvgIpc) is 2.54. The lowest BCUT2D eigenvalue weighted by Gasteiger charge is -2.25. The predicted molar refractivity (Wildman–Crippen MR) is 91.2 cm³/mol. The molecular weight excluding hydrogens is 318 g/mol. The van der Waals surface area contributed by atoms with Crippen molar-refractivity contribution in [2.45, 2.75) is 32.7 Å². The number of rotatable bonds is 10. The Hall–Kier alpha value is -1.75. The van der Waals surface area contributed by atoms with Crippen LogP contribution in [0.5, 0.6) is 5.75 Å². The Kier molecular flexibility index (Phi) is 8.48. The molecule has 0 aromatic heterocycles. The SMILES string of the molecule is CCOC(=O)[C@H](Nc1ccc(OC)cc1)[C@@H](CCCCl)C(C)=O. The number of ether oxygens (including phenoxy) is 2. The average molecular weight is 342 g/mol. The maximum Gasteiger partial charge on any atom is 0.329 e. The summed E-state index contributed by atoms with van der Waals surface area (Å²) in [7, 11) is 1.59. The van der Waals surface area contributed by atoms with E-state index in [0.29, 0.717) is 24.5 Å². The van der Waals surface area contributed by atoms with Gasteiger partial charge in [-0.1, -0.05) is 0 Å². The molecule has 0 aliphatic rings. The highest BCUT2D eigenvalue weighted by Crippen LogP contribution is 2.22. The first-order chi connectivity index (χ1) is 11.0. The van der Waals surface area contributed by atoms with Crippen molar-refractivity contribution in [2.24, 2.45) is 5.92 Å². The van der Waals surface area contributed by atoms with E-state index in [2.05, 4.69) is 5.32 Å². The van der Waals surface area contributed by atoms with E-state index in [0.717, 1.165) is 5.69 Å². The van der Waals surface area contributed by atoms with Gasteiger partial charge >= 0.3 is 5.97 Å². The van der Waals surface area contributed by atoms with Gasteiger partial charge in [0.05, 0.1) is 13.7 Å². The monoisotopic (exact) mass is 341 g/mol. The van der Waals surface area contributed by atoms with E-state index in [1.54, 1.807) is 38.3 Å². The second kappa shape index (κ2) is 10.1.